The van der Waals surface area contributed by atoms with Gasteiger partial charge in [-0.3, -0.25) is 24.7 Å². The first-order valence-corrected chi connectivity index (χ1v) is 7.56. The van der Waals surface area contributed by atoms with Gasteiger partial charge in [0, 0.05) is 11.6 Å². The van der Waals surface area contributed by atoms with Crippen molar-refractivity contribution in [3.63, 3.8) is 0 Å². The molecule has 0 atom stereocenters. The maximum atomic E-state index is 11.7. The summed E-state index contributed by atoms with van der Waals surface area (Å²) in [4.78, 5) is 46.3. The number of aromatic amines is 2. The molecule has 0 fully saturated rings. The van der Waals surface area contributed by atoms with Gasteiger partial charge in [-0.15, -0.1) is 5.10 Å². The number of hydrazone groups is 1. The summed E-state index contributed by atoms with van der Waals surface area (Å²) in [7, 11) is 0. The predicted octanol–water partition coefficient (Wildman–Crippen LogP) is -0.673. The molecule has 1 heterocycles. The Morgan fingerprint density at radius 2 is 2.22 bits per heavy atom. The molecule has 1 aromatic heterocycles. The number of benzene rings is 1. The van der Waals surface area contributed by atoms with Gasteiger partial charge in [0.2, 0.25) is 5.82 Å². The zero-order valence-electron chi connectivity index (χ0n) is 14.0. The molecule has 13 heteroatoms. The zero-order valence-corrected chi connectivity index (χ0v) is 14.0. The van der Waals surface area contributed by atoms with E-state index in [0.717, 1.165) is 0 Å². The van der Waals surface area contributed by atoms with E-state index in [-0.39, 0.29) is 30.4 Å². The van der Waals surface area contributed by atoms with Crippen LogP contribution in [0.1, 0.15) is 12.5 Å². The Hall–Kier alpha value is -4.03. The van der Waals surface area contributed by atoms with E-state index in [2.05, 4.69) is 20.9 Å². The standard InChI is InChI=1S/C14H15N7O6/c1-2-27-10-4-3-8(5-9(10)21(25)26)6-16-18-11(22)7-15-12-13(23)17-14(24)20-19-12/h3-6H,2,7H2,1H3,(H,15,19)(H,18,22)(H2,17,20,23,24)/b16-6+. The molecule has 0 saturated carbocycles. The number of nitro groups is 1. The van der Waals surface area contributed by atoms with Gasteiger partial charge < -0.3 is 10.1 Å². The van der Waals surface area contributed by atoms with Crippen molar-refractivity contribution in [3.05, 3.63) is 54.7 Å². The molecule has 2 rings (SSSR count). The lowest BCUT2D eigenvalue weighted by atomic mass is 10.2. The number of carbonyl (C=O) groups is 1. The summed E-state index contributed by atoms with van der Waals surface area (Å²) in [6.45, 7) is 1.65. The van der Waals surface area contributed by atoms with E-state index in [9.17, 15) is 24.5 Å². The first kappa shape index (κ1) is 19.3. The van der Waals surface area contributed by atoms with Crippen molar-refractivity contribution < 1.29 is 14.5 Å². The molecular formula is C14H15N7O6. The van der Waals surface area contributed by atoms with Crippen LogP contribution in [0.3, 0.4) is 0 Å². The number of nitrogens with zero attached hydrogens (tertiary/aromatic N) is 3. The summed E-state index contributed by atoms with van der Waals surface area (Å²) in [5.74, 6) is -0.721. The highest BCUT2D eigenvalue weighted by Gasteiger charge is 2.15. The molecule has 27 heavy (non-hydrogen) atoms. The molecular weight excluding hydrogens is 362 g/mol. The van der Waals surface area contributed by atoms with E-state index in [1.54, 1.807) is 6.92 Å². The summed E-state index contributed by atoms with van der Waals surface area (Å²) in [5, 5.41) is 22.6. The van der Waals surface area contributed by atoms with E-state index in [0.29, 0.717) is 5.56 Å². The topological polar surface area (TPSA) is 184 Å². The minimum atomic E-state index is -0.781. The average molecular weight is 377 g/mol. The van der Waals surface area contributed by atoms with E-state index >= 15 is 0 Å². The van der Waals surface area contributed by atoms with Crippen LogP contribution in [0, 0.1) is 10.1 Å². The number of aromatic nitrogens is 3. The summed E-state index contributed by atoms with van der Waals surface area (Å²) in [6, 6.07) is 4.22. The quantitative estimate of drug-likeness (QED) is 0.265. The number of anilines is 1. The van der Waals surface area contributed by atoms with Crippen molar-refractivity contribution in [2.75, 3.05) is 18.5 Å². The van der Waals surface area contributed by atoms with Gasteiger partial charge in [0.05, 0.1) is 24.3 Å². The van der Waals surface area contributed by atoms with Crippen molar-refractivity contribution in [2.45, 2.75) is 6.92 Å². The minimum absolute atomic E-state index is 0.131. The lowest BCUT2D eigenvalue weighted by Crippen LogP contribution is -2.31. The van der Waals surface area contributed by atoms with Gasteiger partial charge >= 0.3 is 11.4 Å². The molecule has 13 nitrogen and oxygen atoms in total. The second-order valence-electron chi connectivity index (χ2n) is 4.92. The maximum absolute atomic E-state index is 11.7. The molecule has 0 radical (unpaired) electrons. The first-order valence-electron chi connectivity index (χ1n) is 7.56. The molecule has 0 aliphatic heterocycles. The molecule has 2 aromatic rings. The third-order valence-corrected chi connectivity index (χ3v) is 3.01. The van der Waals surface area contributed by atoms with Gasteiger partial charge in [-0.2, -0.15) is 5.10 Å². The average Bonchev–Trinajstić information content (AvgIpc) is 2.62. The molecule has 1 aromatic carbocycles. The fraction of sp³-hybridized carbons (Fsp3) is 0.214. The van der Waals surface area contributed by atoms with Crippen LogP contribution in [0.4, 0.5) is 11.5 Å². The molecule has 4 N–H and O–H groups in total. The highest BCUT2D eigenvalue weighted by Crippen LogP contribution is 2.27. The number of ether oxygens (including phenoxy) is 1. The van der Waals surface area contributed by atoms with Crippen LogP contribution in [0.25, 0.3) is 0 Å². The Morgan fingerprint density at radius 3 is 2.89 bits per heavy atom. The molecule has 0 bridgehead atoms. The first-order chi connectivity index (χ1) is 12.9. The van der Waals surface area contributed by atoms with Gasteiger partial charge in [-0.25, -0.2) is 15.3 Å². The molecule has 1 amide bonds. The Kier molecular flexibility index (Phi) is 6.35. The molecule has 0 aliphatic carbocycles. The molecule has 142 valence electrons. The minimum Gasteiger partial charge on any atom is -0.487 e. The highest BCUT2D eigenvalue weighted by atomic mass is 16.6. The number of H-pyrrole nitrogens is 2. The smallest absolute Gasteiger partial charge is 0.342 e. The SMILES string of the molecule is CCOc1ccc(/C=N/NC(=O)CNc2n[nH]c(=O)[nH]c2=O)cc1[N+](=O)[O-]. The summed E-state index contributed by atoms with van der Waals surface area (Å²) in [5.41, 5.74) is 0.768. The van der Waals surface area contributed by atoms with E-state index in [4.69, 9.17) is 4.74 Å². The van der Waals surface area contributed by atoms with Crippen molar-refractivity contribution in [1.29, 1.82) is 0 Å². The third kappa shape index (κ3) is 5.48. The monoisotopic (exact) mass is 377 g/mol. The van der Waals surface area contributed by atoms with Crippen LogP contribution in [-0.2, 0) is 4.79 Å². The van der Waals surface area contributed by atoms with Gasteiger partial charge in [-0.1, -0.05) is 0 Å². The van der Waals surface area contributed by atoms with E-state index < -0.39 is 22.1 Å². The fourth-order valence-corrected chi connectivity index (χ4v) is 1.88. The number of nitro benzene ring substituents is 1. The summed E-state index contributed by atoms with van der Waals surface area (Å²) < 4.78 is 5.17. The van der Waals surface area contributed by atoms with Crippen molar-refractivity contribution >= 4 is 23.6 Å². The van der Waals surface area contributed by atoms with Crippen molar-refractivity contribution in [3.8, 4) is 5.75 Å². The lowest BCUT2D eigenvalue weighted by molar-refractivity contribution is -0.385. The Morgan fingerprint density at radius 1 is 1.44 bits per heavy atom. The van der Waals surface area contributed by atoms with Gasteiger partial charge in [0.25, 0.3) is 11.5 Å². The lowest BCUT2D eigenvalue weighted by Gasteiger charge is -2.04. The number of carbonyl (C=O) groups excluding carboxylic acids is 1. The van der Waals surface area contributed by atoms with Crippen molar-refractivity contribution in [2.24, 2.45) is 5.10 Å². The summed E-state index contributed by atoms with van der Waals surface area (Å²) in [6.07, 6.45) is 1.21. The molecule has 0 saturated heterocycles. The molecule has 0 aliphatic rings. The largest absolute Gasteiger partial charge is 0.487 e. The fourth-order valence-electron chi connectivity index (χ4n) is 1.88. The zero-order chi connectivity index (χ0) is 19.8. The van der Waals surface area contributed by atoms with Crippen LogP contribution in [-0.4, -0.2) is 45.4 Å². The van der Waals surface area contributed by atoms with Gasteiger partial charge in [0.1, 0.15) is 0 Å². The van der Waals surface area contributed by atoms with Crippen LogP contribution >= 0.6 is 0 Å². The van der Waals surface area contributed by atoms with Crippen LogP contribution < -0.4 is 26.7 Å². The van der Waals surface area contributed by atoms with Gasteiger partial charge in [0.15, 0.2) is 5.75 Å². The van der Waals surface area contributed by atoms with Gasteiger partial charge in [-0.05, 0) is 19.1 Å². The maximum Gasteiger partial charge on any atom is 0.342 e. The Labute approximate surface area is 150 Å². The third-order valence-electron chi connectivity index (χ3n) is 3.01. The Balaban J connectivity index is 1.95. The number of hydrogen-bond acceptors (Lipinski definition) is 9. The van der Waals surface area contributed by atoms with E-state index in [1.807, 2.05) is 10.1 Å². The second-order valence-corrected chi connectivity index (χ2v) is 4.92. The second kappa shape index (κ2) is 8.89. The normalized spacial score (nSPS) is 10.6. The number of nitrogens with one attached hydrogen (secondary N) is 4. The van der Waals surface area contributed by atoms with Crippen LogP contribution in [0.2, 0.25) is 0 Å². The number of hydrogen-bond donors (Lipinski definition) is 4. The van der Waals surface area contributed by atoms with E-state index in [1.165, 1.54) is 24.4 Å². The highest BCUT2D eigenvalue weighted by molar-refractivity contribution is 5.85. The molecule has 0 unspecified atom stereocenters. The van der Waals surface area contributed by atoms with Crippen molar-refractivity contribution in [1.82, 2.24) is 20.6 Å². The molecule has 0 spiro atoms. The number of amides is 1. The predicted molar refractivity (Wildman–Crippen MR) is 94.0 cm³/mol. The Bertz CT molecular complexity index is 980. The van der Waals surface area contributed by atoms with Crippen LogP contribution in [0.5, 0.6) is 5.75 Å². The summed E-state index contributed by atoms with van der Waals surface area (Å²) >= 11 is 0. The number of rotatable bonds is 8. The van der Waals surface area contributed by atoms with Crippen LogP contribution in [0.15, 0.2) is 32.9 Å².